The van der Waals surface area contributed by atoms with Crippen molar-refractivity contribution >= 4 is 16.3 Å². The number of thiophene rings is 1. The zero-order valence-corrected chi connectivity index (χ0v) is 18.2. The number of nitrogens with two attached hydrogens (primary N) is 1. The fourth-order valence-corrected chi connectivity index (χ4v) is 5.30. The van der Waals surface area contributed by atoms with E-state index in [1.165, 1.54) is 23.0 Å². The second-order valence-corrected chi connectivity index (χ2v) is 8.96. The lowest BCUT2D eigenvalue weighted by molar-refractivity contribution is -0.140. The molecular weight excluding hydrogens is 453 g/mol. The molecule has 33 heavy (non-hydrogen) atoms. The molecule has 1 unspecified atom stereocenters. The van der Waals surface area contributed by atoms with E-state index in [4.69, 9.17) is 10.3 Å². The van der Waals surface area contributed by atoms with E-state index in [0.717, 1.165) is 35.9 Å². The van der Waals surface area contributed by atoms with Crippen LogP contribution in [0.4, 0.5) is 18.2 Å². The zero-order valence-electron chi connectivity index (χ0n) is 17.3. The van der Waals surface area contributed by atoms with Gasteiger partial charge in [0.2, 0.25) is 11.7 Å². The zero-order chi connectivity index (χ0) is 23.3. The van der Waals surface area contributed by atoms with Gasteiger partial charge >= 0.3 is 6.18 Å². The second-order valence-electron chi connectivity index (χ2n) is 7.83. The summed E-state index contributed by atoms with van der Waals surface area (Å²) >= 11 is 1.43. The molecule has 0 bridgehead atoms. The first kappa shape index (κ1) is 21.2. The summed E-state index contributed by atoms with van der Waals surface area (Å²) in [4.78, 5) is 9.34. The fourth-order valence-electron chi connectivity index (χ4n) is 4.17. The van der Waals surface area contributed by atoms with Crippen molar-refractivity contribution < 1.29 is 17.7 Å². The molecule has 1 aliphatic rings. The molecule has 1 atom stereocenters. The Labute approximate surface area is 190 Å². The molecule has 11 heteroatoms. The van der Waals surface area contributed by atoms with Gasteiger partial charge in [-0.05, 0) is 24.8 Å². The van der Waals surface area contributed by atoms with Gasteiger partial charge in [0.15, 0.2) is 5.69 Å². The summed E-state index contributed by atoms with van der Waals surface area (Å²) in [5.41, 5.74) is 7.64. The second kappa shape index (κ2) is 7.74. The van der Waals surface area contributed by atoms with Crippen LogP contribution in [0.15, 0.2) is 35.0 Å². The number of hydrogen-bond donors (Lipinski definition) is 1. The van der Waals surface area contributed by atoms with E-state index in [2.05, 4.69) is 21.2 Å². The summed E-state index contributed by atoms with van der Waals surface area (Å²) in [5.74, 6) is 0.798. The number of nitrogens with zero attached hydrogens (tertiary/aromatic N) is 5. The van der Waals surface area contributed by atoms with E-state index in [0.29, 0.717) is 33.4 Å². The highest BCUT2D eigenvalue weighted by Crippen LogP contribution is 2.44. The third-order valence-electron chi connectivity index (χ3n) is 5.71. The molecule has 0 saturated carbocycles. The molecule has 5 rings (SSSR count). The summed E-state index contributed by atoms with van der Waals surface area (Å²) in [6.45, 7) is 0. The van der Waals surface area contributed by atoms with Gasteiger partial charge in [-0.1, -0.05) is 29.4 Å². The molecule has 0 amide bonds. The number of nitrogen functional groups attached to an aromatic ring is 1. The summed E-state index contributed by atoms with van der Waals surface area (Å²) in [6, 6.07) is 8.95. The minimum atomic E-state index is -4.51. The third-order valence-corrected chi connectivity index (χ3v) is 6.81. The van der Waals surface area contributed by atoms with E-state index < -0.39 is 11.9 Å². The van der Waals surface area contributed by atoms with Crippen molar-refractivity contribution in [2.75, 3.05) is 5.73 Å². The summed E-state index contributed by atoms with van der Waals surface area (Å²) in [7, 11) is 1.52. The van der Waals surface area contributed by atoms with E-state index in [1.54, 1.807) is 24.3 Å². The minimum absolute atomic E-state index is 0.189. The van der Waals surface area contributed by atoms with Crippen molar-refractivity contribution in [1.82, 2.24) is 19.7 Å². The highest BCUT2D eigenvalue weighted by atomic mass is 32.1. The fraction of sp³-hybridized carbons (Fsp3) is 0.273. The summed E-state index contributed by atoms with van der Waals surface area (Å²) in [5, 5.41) is 14.1. The van der Waals surface area contributed by atoms with Crippen molar-refractivity contribution in [3.05, 3.63) is 58.1 Å². The van der Waals surface area contributed by atoms with Crippen molar-refractivity contribution in [2.24, 2.45) is 7.05 Å². The van der Waals surface area contributed by atoms with Gasteiger partial charge in [0, 0.05) is 29.2 Å². The molecular formula is C22H17F3N6OS. The number of benzene rings is 1. The van der Waals surface area contributed by atoms with Crippen LogP contribution in [-0.4, -0.2) is 19.7 Å². The first-order valence-electron chi connectivity index (χ1n) is 10.1. The number of alkyl halides is 3. The first-order valence-corrected chi connectivity index (χ1v) is 10.9. The average Bonchev–Trinajstić information content (AvgIpc) is 3.49. The van der Waals surface area contributed by atoms with Gasteiger partial charge in [-0.3, -0.25) is 0 Å². The summed E-state index contributed by atoms with van der Waals surface area (Å²) < 4.78 is 45.7. The van der Waals surface area contributed by atoms with Crippen molar-refractivity contribution in [1.29, 1.82) is 5.26 Å². The maximum absolute atomic E-state index is 13.0. The van der Waals surface area contributed by atoms with Crippen LogP contribution in [0, 0.1) is 11.3 Å². The highest BCUT2D eigenvalue weighted by molar-refractivity contribution is 7.16. The van der Waals surface area contributed by atoms with Crippen molar-refractivity contribution in [2.45, 2.75) is 31.4 Å². The molecule has 0 fully saturated rings. The maximum Gasteiger partial charge on any atom is 0.434 e. The van der Waals surface area contributed by atoms with Crippen molar-refractivity contribution in [3.63, 3.8) is 0 Å². The average molecular weight is 470 g/mol. The van der Waals surface area contributed by atoms with E-state index in [1.807, 2.05) is 0 Å². The number of imidazole rings is 1. The number of aromatic nitrogens is 4. The number of halogens is 3. The smallest absolute Gasteiger partial charge is 0.389 e. The molecule has 0 spiro atoms. The largest absolute Gasteiger partial charge is 0.434 e. The van der Waals surface area contributed by atoms with Crippen LogP contribution in [-0.2, 0) is 19.6 Å². The number of fused-ring (bicyclic) bond motifs is 1. The Bertz CT molecular complexity index is 1380. The monoisotopic (exact) mass is 470 g/mol. The lowest BCUT2D eigenvalue weighted by Crippen LogP contribution is -2.10. The van der Waals surface area contributed by atoms with E-state index in [9.17, 15) is 18.4 Å². The summed E-state index contributed by atoms with van der Waals surface area (Å²) in [6.07, 6.45) is -0.972. The lowest BCUT2D eigenvalue weighted by Gasteiger charge is -2.19. The molecule has 7 nitrogen and oxygen atoms in total. The van der Waals surface area contributed by atoms with Crippen LogP contribution >= 0.6 is 11.3 Å². The van der Waals surface area contributed by atoms with Crippen LogP contribution in [0.2, 0.25) is 0 Å². The molecule has 3 aromatic heterocycles. The molecule has 0 saturated heterocycles. The normalized spacial score (nSPS) is 15.9. The van der Waals surface area contributed by atoms with E-state index >= 15 is 0 Å². The standard InChI is InChI=1S/C22H17F3N6OS/c1-31-10-16(22(23,24)25)28-20(31)12-7-5-11(6-8-12)19-29-21(32-30-19)13-3-2-4-15-17(13)14(9-26)18(27)33-15/h5-8,10,13H,2-4,27H2,1H3. The van der Waals surface area contributed by atoms with Gasteiger partial charge in [0.1, 0.15) is 16.9 Å². The molecule has 1 aromatic carbocycles. The maximum atomic E-state index is 13.0. The van der Waals surface area contributed by atoms with E-state index in [-0.39, 0.29) is 11.7 Å². The predicted octanol–water partition coefficient (Wildman–Crippen LogP) is 5.14. The molecule has 4 aromatic rings. The Morgan fingerprint density at radius 1 is 1.21 bits per heavy atom. The molecule has 0 radical (unpaired) electrons. The van der Waals surface area contributed by atoms with Gasteiger partial charge in [0.05, 0.1) is 11.5 Å². The quantitative estimate of drug-likeness (QED) is 0.444. The van der Waals surface area contributed by atoms with Gasteiger partial charge in [-0.25, -0.2) is 4.98 Å². The predicted molar refractivity (Wildman–Crippen MR) is 115 cm³/mol. The minimum Gasteiger partial charge on any atom is -0.389 e. The van der Waals surface area contributed by atoms with Crippen LogP contribution in [0.1, 0.15) is 46.3 Å². The Morgan fingerprint density at radius 2 is 1.94 bits per heavy atom. The number of nitriles is 1. The molecule has 168 valence electrons. The third kappa shape index (κ3) is 3.66. The van der Waals surface area contributed by atoms with Crippen LogP contribution in [0.5, 0.6) is 0 Å². The Morgan fingerprint density at radius 3 is 2.61 bits per heavy atom. The highest BCUT2D eigenvalue weighted by Gasteiger charge is 2.35. The molecule has 3 heterocycles. The van der Waals surface area contributed by atoms with Gasteiger partial charge in [-0.15, -0.1) is 11.3 Å². The number of rotatable bonds is 3. The topological polar surface area (TPSA) is 107 Å². The molecule has 1 aliphatic carbocycles. The van der Waals surface area contributed by atoms with Gasteiger partial charge in [-0.2, -0.15) is 23.4 Å². The van der Waals surface area contributed by atoms with Crippen molar-refractivity contribution in [3.8, 4) is 28.8 Å². The first-order chi connectivity index (χ1) is 15.8. The lowest BCUT2D eigenvalue weighted by atomic mass is 9.85. The van der Waals surface area contributed by atoms with Crippen LogP contribution < -0.4 is 5.73 Å². The van der Waals surface area contributed by atoms with Crippen LogP contribution in [0.3, 0.4) is 0 Å². The van der Waals surface area contributed by atoms with Gasteiger partial charge in [0.25, 0.3) is 0 Å². The Hall–Kier alpha value is -3.65. The molecule has 0 aliphatic heterocycles. The number of hydrogen-bond acceptors (Lipinski definition) is 7. The molecule has 2 N–H and O–H groups in total. The Kier molecular flexibility index (Phi) is 4.97. The SMILES string of the molecule is Cn1cc(C(F)(F)F)nc1-c1ccc(-c2noc(C3CCCc4sc(N)c(C#N)c43)n2)cc1. The number of aryl methyl sites for hydroxylation is 2. The van der Waals surface area contributed by atoms with Gasteiger partial charge < -0.3 is 14.8 Å². The van der Waals surface area contributed by atoms with Crippen LogP contribution in [0.25, 0.3) is 22.8 Å². The number of anilines is 1. The Balaban J connectivity index is 1.44.